The Hall–Kier alpha value is -2.70. The summed E-state index contributed by atoms with van der Waals surface area (Å²) in [7, 11) is 0. The number of anilines is 3. The van der Waals surface area contributed by atoms with Gasteiger partial charge in [0, 0.05) is 12.3 Å². The first-order chi connectivity index (χ1) is 11.2. The van der Waals surface area contributed by atoms with Crippen LogP contribution in [-0.4, -0.2) is 23.2 Å². The molecule has 2 bridgehead atoms. The first kappa shape index (κ1) is 15.2. The van der Waals surface area contributed by atoms with Crippen molar-refractivity contribution in [2.24, 2.45) is 0 Å². The Balaban J connectivity index is 1.88. The minimum atomic E-state index is 0.259. The van der Waals surface area contributed by atoms with Crippen molar-refractivity contribution in [3.63, 3.8) is 0 Å². The van der Waals surface area contributed by atoms with Crippen LogP contribution in [0.25, 0.3) is 0 Å². The number of nitrogens with one attached hydrogen (secondary N) is 1. The van der Waals surface area contributed by atoms with Crippen LogP contribution in [0.4, 0.5) is 17.2 Å². The number of nitrogen functional groups attached to an aromatic ring is 2. The van der Waals surface area contributed by atoms with Gasteiger partial charge in [0.05, 0.1) is 31.1 Å². The predicted octanol–water partition coefficient (Wildman–Crippen LogP) is 2.19. The summed E-state index contributed by atoms with van der Waals surface area (Å²) in [4.78, 5) is 8.54. The van der Waals surface area contributed by atoms with E-state index in [2.05, 4.69) is 15.3 Å². The molecule has 122 valence electrons. The zero-order chi connectivity index (χ0) is 16.1. The summed E-state index contributed by atoms with van der Waals surface area (Å²) in [6, 6.07) is 5.56. The summed E-state index contributed by atoms with van der Waals surface area (Å²) in [5.74, 6) is 1.53. The second-order valence-corrected chi connectivity index (χ2v) is 5.37. The molecule has 0 saturated carbocycles. The highest BCUT2D eigenvalue weighted by Crippen LogP contribution is 2.29. The van der Waals surface area contributed by atoms with E-state index in [1.165, 1.54) is 0 Å². The molecule has 2 aromatic rings. The van der Waals surface area contributed by atoms with Crippen molar-refractivity contribution in [3.8, 4) is 11.6 Å². The average molecular weight is 315 g/mol. The molecule has 0 atom stereocenters. The summed E-state index contributed by atoms with van der Waals surface area (Å²) >= 11 is 0. The minimum absolute atomic E-state index is 0.259. The normalized spacial score (nSPS) is 15.3. The highest BCUT2D eigenvalue weighted by Gasteiger charge is 2.11. The Morgan fingerprint density at radius 1 is 1.09 bits per heavy atom. The molecule has 3 heterocycles. The van der Waals surface area contributed by atoms with E-state index < -0.39 is 0 Å². The molecule has 0 saturated heterocycles. The van der Waals surface area contributed by atoms with Crippen molar-refractivity contribution in [1.82, 2.24) is 9.97 Å². The molecule has 1 aliphatic heterocycles. The van der Waals surface area contributed by atoms with Crippen molar-refractivity contribution in [2.75, 3.05) is 30.0 Å². The number of hydrogen-bond acceptors (Lipinski definition) is 7. The van der Waals surface area contributed by atoms with Crippen LogP contribution in [-0.2, 0) is 6.54 Å². The van der Waals surface area contributed by atoms with Crippen molar-refractivity contribution < 1.29 is 9.47 Å². The molecule has 7 nitrogen and oxygen atoms in total. The van der Waals surface area contributed by atoms with Gasteiger partial charge in [0.15, 0.2) is 5.82 Å². The molecule has 0 unspecified atom stereocenters. The topological polar surface area (TPSA) is 108 Å². The lowest BCUT2D eigenvalue weighted by Crippen LogP contribution is -2.11. The summed E-state index contributed by atoms with van der Waals surface area (Å²) in [6.07, 6.45) is 4.66. The zero-order valence-electron chi connectivity index (χ0n) is 12.9. The number of fused-ring (bicyclic) bond motifs is 3. The standard InChI is InChI=1S/C16H21N5O2/c17-15-11-9-14(21-16(15)18)23-8-3-1-2-7-22-13-5-4-6-19-12(13)10-20-11/h4-6,9,20H,1-3,7-8,10,17H2,(H2,18,21). The highest BCUT2D eigenvalue weighted by molar-refractivity contribution is 5.77. The van der Waals surface area contributed by atoms with Gasteiger partial charge in [-0.25, -0.2) is 0 Å². The molecule has 7 heteroatoms. The Labute approximate surface area is 135 Å². The number of ether oxygens (including phenoxy) is 2. The van der Waals surface area contributed by atoms with E-state index >= 15 is 0 Å². The van der Waals surface area contributed by atoms with Crippen molar-refractivity contribution in [1.29, 1.82) is 0 Å². The molecule has 0 amide bonds. The van der Waals surface area contributed by atoms with Crippen LogP contribution in [0.5, 0.6) is 11.6 Å². The number of rotatable bonds is 0. The lowest BCUT2D eigenvalue weighted by molar-refractivity contribution is 0.272. The third-order valence-electron chi connectivity index (χ3n) is 3.66. The first-order valence-corrected chi connectivity index (χ1v) is 7.73. The monoisotopic (exact) mass is 315 g/mol. The maximum Gasteiger partial charge on any atom is 0.217 e. The quantitative estimate of drug-likeness (QED) is 0.683. The second-order valence-electron chi connectivity index (χ2n) is 5.37. The Morgan fingerprint density at radius 3 is 2.78 bits per heavy atom. The Morgan fingerprint density at radius 2 is 1.91 bits per heavy atom. The summed E-state index contributed by atoms with van der Waals surface area (Å²) in [5, 5.41) is 3.24. The molecular formula is C16H21N5O2. The fraction of sp³-hybridized carbons (Fsp3) is 0.375. The van der Waals surface area contributed by atoms with Gasteiger partial charge in [-0.2, -0.15) is 4.98 Å². The van der Waals surface area contributed by atoms with Gasteiger partial charge in [-0.05, 0) is 31.4 Å². The van der Waals surface area contributed by atoms with Crippen LogP contribution in [0.1, 0.15) is 25.0 Å². The van der Waals surface area contributed by atoms with Gasteiger partial charge in [-0.3, -0.25) is 4.98 Å². The lowest BCUT2D eigenvalue weighted by Gasteiger charge is -2.16. The number of pyridine rings is 2. The third-order valence-corrected chi connectivity index (χ3v) is 3.66. The molecule has 0 aliphatic carbocycles. The van der Waals surface area contributed by atoms with E-state index in [1.54, 1.807) is 12.3 Å². The summed E-state index contributed by atoms with van der Waals surface area (Å²) in [5.41, 5.74) is 13.8. The van der Waals surface area contributed by atoms with Gasteiger partial charge in [-0.1, -0.05) is 0 Å². The lowest BCUT2D eigenvalue weighted by atomic mass is 10.2. The maximum atomic E-state index is 5.99. The molecule has 23 heavy (non-hydrogen) atoms. The van der Waals surface area contributed by atoms with Gasteiger partial charge in [-0.15, -0.1) is 0 Å². The summed E-state index contributed by atoms with van der Waals surface area (Å²) < 4.78 is 11.5. The minimum Gasteiger partial charge on any atom is -0.492 e. The maximum absolute atomic E-state index is 5.99. The number of hydrogen-bond donors (Lipinski definition) is 3. The molecular weight excluding hydrogens is 294 g/mol. The summed E-state index contributed by atoms with van der Waals surface area (Å²) in [6.45, 7) is 1.73. The molecule has 0 aromatic carbocycles. The largest absolute Gasteiger partial charge is 0.492 e. The van der Waals surface area contributed by atoms with Crippen LogP contribution in [0, 0.1) is 0 Å². The number of nitrogens with two attached hydrogens (primary N) is 2. The molecule has 0 fully saturated rings. The number of nitrogens with zero attached hydrogens (tertiary/aromatic N) is 2. The van der Waals surface area contributed by atoms with Crippen LogP contribution in [0.2, 0.25) is 0 Å². The molecule has 1 aliphatic rings. The molecule has 2 aromatic heterocycles. The van der Waals surface area contributed by atoms with E-state index in [0.29, 0.717) is 37.0 Å². The molecule has 0 spiro atoms. The molecule has 3 rings (SSSR count). The first-order valence-electron chi connectivity index (χ1n) is 7.73. The van der Waals surface area contributed by atoms with Crippen molar-refractivity contribution in [3.05, 3.63) is 30.1 Å². The van der Waals surface area contributed by atoms with Gasteiger partial charge in [0.25, 0.3) is 0 Å². The van der Waals surface area contributed by atoms with E-state index in [-0.39, 0.29) is 5.82 Å². The van der Waals surface area contributed by atoms with E-state index in [9.17, 15) is 0 Å². The highest BCUT2D eigenvalue weighted by atomic mass is 16.5. The van der Waals surface area contributed by atoms with Crippen LogP contribution < -0.4 is 26.3 Å². The van der Waals surface area contributed by atoms with E-state index in [1.807, 2.05) is 12.1 Å². The van der Waals surface area contributed by atoms with Crippen LogP contribution in [0.3, 0.4) is 0 Å². The third kappa shape index (κ3) is 3.74. The zero-order valence-corrected chi connectivity index (χ0v) is 12.9. The van der Waals surface area contributed by atoms with Crippen LogP contribution in [0.15, 0.2) is 24.4 Å². The fourth-order valence-corrected chi connectivity index (χ4v) is 2.38. The van der Waals surface area contributed by atoms with Crippen molar-refractivity contribution in [2.45, 2.75) is 25.8 Å². The van der Waals surface area contributed by atoms with Crippen molar-refractivity contribution >= 4 is 17.2 Å². The van der Waals surface area contributed by atoms with Gasteiger partial charge >= 0.3 is 0 Å². The molecule has 5 N–H and O–H groups in total. The fourth-order valence-electron chi connectivity index (χ4n) is 2.38. The van der Waals surface area contributed by atoms with Gasteiger partial charge in [0.2, 0.25) is 5.88 Å². The SMILES string of the molecule is Nc1nc2cc(c1N)NCc1ncccc1OCCCCCO2. The average Bonchev–Trinajstić information content (AvgIpc) is 2.56. The van der Waals surface area contributed by atoms with Gasteiger partial charge < -0.3 is 26.3 Å². The smallest absolute Gasteiger partial charge is 0.217 e. The Bertz CT molecular complexity index is 678. The van der Waals surface area contributed by atoms with E-state index in [4.69, 9.17) is 20.9 Å². The van der Waals surface area contributed by atoms with E-state index in [0.717, 1.165) is 30.7 Å². The Kier molecular flexibility index (Phi) is 4.65. The predicted molar refractivity (Wildman–Crippen MR) is 89.5 cm³/mol. The molecule has 0 radical (unpaired) electrons. The van der Waals surface area contributed by atoms with Crippen LogP contribution >= 0.6 is 0 Å². The number of aromatic nitrogens is 2. The van der Waals surface area contributed by atoms with Gasteiger partial charge in [0.1, 0.15) is 11.4 Å². The second kappa shape index (κ2) is 7.04.